The summed E-state index contributed by atoms with van der Waals surface area (Å²) in [6.07, 6.45) is 3.35. The second-order valence-electron chi connectivity index (χ2n) is 5.26. The van der Waals surface area contributed by atoms with Crippen LogP contribution in [0.15, 0.2) is 24.3 Å². The van der Waals surface area contributed by atoms with Gasteiger partial charge in [-0.05, 0) is 37.3 Å². The first-order chi connectivity index (χ1) is 9.05. The molecule has 1 aromatic rings. The number of hydrogen-bond acceptors (Lipinski definition) is 3. The summed E-state index contributed by atoms with van der Waals surface area (Å²) in [6.45, 7) is 2.08. The number of hydrogen-bond donors (Lipinski definition) is 2. The van der Waals surface area contributed by atoms with E-state index in [1.807, 2.05) is 24.3 Å². The summed E-state index contributed by atoms with van der Waals surface area (Å²) in [7, 11) is 0. The monoisotopic (exact) mass is 263 g/mol. The molecule has 2 atom stereocenters. The third-order valence-corrected chi connectivity index (χ3v) is 3.81. The zero-order valence-corrected chi connectivity index (χ0v) is 11.3. The van der Waals surface area contributed by atoms with Crippen LogP contribution in [-0.4, -0.2) is 22.7 Å². The first-order valence-electron chi connectivity index (χ1n) is 6.82. The minimum atomic E-state index is -1.13. The topological polar surface area (TPSA) is 72.5 Å². The van der Waals surface area contributed by atoms with E-state index in [4.69, 9.17) is 10.5 Å². The lowest BCUT2D eigenvalue weighted by Gasteiger charge is -2.34. The Labute approximate surface area is 113 Å². The lowest BCUT2D eigenvalue weighted by molar-refractivity contribution is -0.145. The fraction of sp³-hybridized carbons (Fsp3) is 0.533. The Kier molecular flexibility index (Phi) is 4.10. The second-order valence-corrected chi connectivity index (χ2v) is 5.26. The second kappa shape index (κ2) is 5.61. The smallest absolute Gasteiger partial charge is 0.323 e. The molecule has 1 fully saturated rings. The summed E-state index contributed by atoms with van der Waals surface area (Å²) in [5, 5.41) is 9.20. The van der Waals surface area contributed by atoms with Gasteiger partial charge in [-0.2, -0.15) is 0 Å². The van der Waals surface area contributed by atoms with Crippen LogP contribution in [0.3, 0.4) is 0 Å². The SMILES string of the molecule is CCc1ccccc1OC1CCCC(N)(C(=O)O)C1. The Hall–Kier alpha value is -1.55. The van der Waals surface area contributed by atoms with E-state index in [1.165, 1.54) is 0 Å². The summed E-state index contributed by atoms with van der Waals surface area (Å²) in [5.74, 6) is -0.0748. The molecule has 0 radical (unpaired) electrons. The van der Waals surface area contributed by atoms with Crippen molar-refractivity contribution in [2.24, 2.45) is 5.73 Å². The maximum Gasteiger partial charge on any atom is 0.323 e. The van der Waals surface area contributed by atoms with Crippen molar-refractivity contribution in [2.75, 3.05) is 0 Å². The van der Waals surface area contributed by atoms with Gasteiger partial charge < -0.3 is 15.6 Å². The van der Waals surface area contributed by atoms with E-state index in [1.54, 1.807) is 0 Å². The molecular weight excluding hydrogens is 242 g/mol. The number of carboxylic acid groups (broad SMARTS) is 1. The molecule has 2 rings (SSSR count). The van der Waals surface area contributed by atoms with Gasteiger partial charge in [0.1, 0.15) is 17.4 Å². The predicted octanol–water partition coefficient (Wildman–Crippen LogP) is 2.35. The number of nitrogens with two attached hydrogens (primary N) is 1. The van der Waals surface area contributed by atoms with E-state index in [0.29, 0.717) is 12.8 Å². The van der Waals surface area contributed by atoms with Gasteiger partial charge in [0.05, 0.1) is 0 Å². The molecule has 0 heterocycles. The first-order valence-corrected chi connectivity index (χ1v) is 6.82. The van der Waals surface area contributed by atoms with Crippen LogP contribution in [0.2, 0.25) is 0 Å². The Morgan fingerprint density at radius 2 is 2.26 bits per heavy atom. The van der Waals surface area contributed by atoms with Gasteiger partial charge in [0.2, 0.25) is 0 Å². The third-order valence-electron chi connectivity index (χ3n) is 3.81. The highest BCUT2D eigenvalue weighted by atomic mass is 16.5. The van der Waals surface area contributed by atoms with Crippen LogP contribution in [0.5, 0.6) is 5.75 Å². The van der Waals surface area contributed by atoms with Gasteiger partial charge in [0.15, 0.2) is 0 Å². The van der Waals surface area contributed by atoms with Crippen LogP contribution in [0.25, 0.3) is 0 Å². The van der Waals surface area contributed by atoms with Crippen molar-refractivity contribution in [3.8, 4) is 5.75 Å². The highest BCUT2D eigenvalue weighted by Crippen LogP contribution is 2.31. The van der Waals surface area contributed by atoms with Crippen molar-refractivity contribution in [1.29, 1.82) is 0 Å². The lowest BCUT2D eigenvalue weighted by atomic mass is 9.81. The van der Waals surface area contributed by atoms with Crippen LogP contribution < -0.4 is 10.5 Å². The number of carbonyl (C=O) groups is 1. The van der Waals surface area contributed by atoms with E-state index in [9.17, 15) is 9.90 Å². The first kappa shape index (κ1) is 13.9. The van der Waals surface area contributed by atoms with Crippen LogP contribution in [-0.2, 0) is 11.2 Å². The molecule has 104 valence electrons. The zero-order valence-electron chi connectivity index (χ0n) is 11.3. The molecule has 0 aromatic heterocycles. The average molecular weight is 263 g/mol. The molecule has 2 unspecified atom stereocenters. The van der Waals surface area contributed by atoms with Crippen molar-refractivity contribution in [2.45, 2.75) is 50.7 Å². The number of aliphatic carboxylic acids is 1. The van der Waals surface area contributed by atoms with Gasteiger partial charge >= 0.3 is 5.97 Å². The molecule has 0 amide bonds. The largest absolute Gasteiger partial charge is 0.490 e. The summed E-state index contributed by atoms with van der Waals surface area (Å²) >= 11 is 0. The number of para-hydroxylation sites is 1. The Balaban J connectivity index is 2.09. The average Bonchev–Trinajstić information content (AvgIpc) is 2.39. The van der Waals surface area contributed by atoms with Crippen LogP contribution in [0.4, 0.5) is 0 Å². The summed E-state index contributed by atoms with van der Waals surface area (Å²) in [6, 6.07) is 7.89. The highest BCUT2D eigenvalue weighted by Gasteiger charge is 2.40. The van der Waals surface area contributed by atoms with Gasteiger partial charge in [-0.1, -0.05) is 25.1 Å². The van der Waals surface area contributed by atoms with Gasteiger partial charge in [-0.15, -0.1) is 0 Å². The van der Waals surface area contributed by atoms with Gasteiger partial charge in [-0.3, -0.25) is 4.79 Å². The van der Waals surface area contributed by atoms with Gasteiger partial charge in [0.25, 0.3) is 0 Å². The van der Waals surface area contributed by atoms with Crippen molar-refractivity contribution >= 4 is 5.97 Å². The standard InChI is InChI=1S/C15H21NO3/c1-2-11-6-3-4-8-13(11)19-12-7-5-9-15(16,10-12)14(17)18/h3-4,6,8,12H,2,5,7,9-10,16H2,1H3,(H,17,18). The van der Waals surface area contributed by atoms with Crippen LogP contribution in [0, 0.1) is 0 Å². The molecule has 0 spiro atoms. The summed E-state index contributed by atoms with van der Waals surface area (Å²) in [5.41, 5.74) is 5.95. The molecule has 1 aliphatic rings. The maximum absolute atomic E-state index is 11.2. The molecule has 19 heavy (non-hydrogen) atoms. The van der Waals surface area contributed by atoms with Crippen molar-refractivity contribution in [3.63, 3.8) is 0 Å². The highest BCUT2D eigenvalue weighted by molar-refractivity contribution is 5.78. The number of ether oxygens (including phenoxy) is 1. The molecule has 4 heteroatoms. The summed E-state index contributed by atoms with van der Waals surface area (Å²) < 4.78 is 5.98. The van der Waals surface area contributed by atoms with Gasteiger partial charge in [0, 0.05) is 6.42 Å². The van der Waals surface area contributed by atoms with E-state index in [-0.39, 0.29) is 6.10 Å². The van der Waals surface area contributed by atoms with E-state index < -0.39 is 11.5 Å². The Morgan fingerprint density at radius 3 is 2.95 bits per heavy atom. The lowest BCUT2D eigenvalue weighted by Crippen LogP contribution is -2.53. The number of rotatable bonds is 4. The maximum atomic E-state index is 11.2. The summed E-state index contributed by atoms with van der Waals surface area (Å²) in [4.78, 5) is 11.2. The fourth-order valence-electron chi connectivity index (χ4n) is 2.64. The number of carboxylic acids is 1. The zero-order chi connectivity index (χ0) is 13.9. The van der Waals surface area contributed by atoms with E-state index in [0.717, 1.165) is 30.6 Å². The minimum absolute atomic E-state index is 0.109. The molecule has 0 bridgehead atoms. The molecule has 0 aliphatic heterocycles. The van der Waals surface area contributed by atoms with Gasteiger partial charge in [-0.25, -0.2) is 0 Å². The molecule has 1 aliphatic carbocycles. The normalized spacial score (nSPS) is 26.9. The minimum Gasteiger partial charge on any atom is -0.490 e. The van der Waals surface area contributed by atoms with Crippen molar-refractivity contribution < 1.29 is 14.6 Å². The predicted molar refractivity (Wildman–Crippen MR) is 73.3 cm³/mol. The molecular formula is C15H21NO3. The molecule has 3 N–H and O–H groups in total. The number of benzene rings is 1. The molecule has 1 aromatic carbocycles. The molecule has 1 saturated carbocycles. The quantitative estimate of drug-likeness (QED) is 0.874. The van der Waals surface area contributed by atoms with E-state index in [2.05, 4.69) is 6.92 Å². The fourth-order valence-corrected chi connectivity index (χ4v) is 2.64. The Bertz CT molecular complexity index is 460. The third kappa shape index (κ3) is 3.07. The van der Waals surface area contributed by atoms with Crippen LogP contribution >= 0.6 is 0 Å². The Morgan fingerprint density at radius 1 is 1.53 bits per heavy atom. The van der Waals surface area contributed by atoms with Crippen LogP contribution in [0.1, 0.15) is 38.2 Å². The van der Waals surface area contributed by atoms with E-state index >= 15 is 0 Å². The van der Waals surface area contributed by atoms with Crippen molar-refractivity contribution in [1.82, 2.24) is 0 Å². The molecule has 0 saturated heterocycles. The van der Waals surface area contributed by atoms with Crippen molar-refractivity contribution in [3.05, 3.63) is 29.8 Å². The number of aryl methyl sites for hydroxylation is 1. The molecule has 4 nitrogen and oxygen atoms in total.